The number of hydrogen-bond donors (Lipinski definition) is 3. The van der Waals surface area contributed by atoms with E-state index in [0.29, 0.717) is 42.1 Å². The summed E-state index contributed by atoms with van der Waals surface area (Å²) in [6.07, 6.45) is 3.09. The Morgan fingerprint density at radius 3 is 2.63 bits per heavy atom. The third-order valence-corrected chi connectivity index (χ3v) is 3.78. The number of carbonyl (C=O) groups is 1. The average Bonchev–Trinajstić information content (AvgIpc) is 2.63. The fourth-order valence-electron chi connectivity index (χ4n) is 2.51. The first-order chi connectivity index (χ1) is 12.9. The maximum absolute atomic E-state index is 10.5. The first-order valence-corrected chi connectivity index (χ1v) is 8.27. The van der Waals surface area contributed by atoms with Crippen molar-refractivity contribution in [1.82, 2.24) is 9.97 Å². The van der Waals surface area contributed by atoms with Crippen molar-refractivity contribution in [1.29, 1.82) is 0 Å². The summed E-state index contributed by atoms with van der Waals surface area (Å²) < 4.78 is 10.9. The molecule has 1 aromatic carbocycles. The molecule has 8 nitrogen and oxygen atoms in total. The van der Waals surface area contributed by atoms with Crippen molar-refractivity contribution in [3.05, 3.63) is 35.0 Å². The van der Waals surface area contributed by atoms with Crippen molar-refractivity contribution < 1.29 is 19.4 Å². The maximum Gasteiger partial charge on any atom is 0.303 e. The third kappa shape index (κ3) is 5.51. The third-order valence-electron chi connectivity index (χ3n) is 3.78. The van der Waals surface area contributed by atoms with Crippen LogP contribution in [-0.4, -0.2) is 35.3 Å². The van der Waals surface area contributed by atoms with Crippen molar-refractivity contribution in [2.75, 3.05) is 25.7 Å². The zero-order valence-corrected chi connectivity index (χ0v) is 15.3. The van der Waals surface area contributed by atoms with E-state index in [1.165, 1.54) is 0 Å². The Kier molecular flexibility index (Phi) is 6.83. The van der Waals surface area contributed by atoms with Gasteiger partial charge in [-0.25, -0.2) is 4.98 Å². The number of rotatable bonds is 7. The van der Waals surface area contributed by atoms with E-state index < -0.39 is 5.97 Å². The van der Waals surface area contributed by atoms with Crippen molar-refractivity contribution in [2.45, 2.75) is 25.7 Å². The lowest BCUT2D eigenvalue weighted by atomic mass is 10.0. The lowest BCUT2D eigenvalue weighted by molar-refractivity contribution is -0.137. The highest BCUT2D eigenvalue weighted by Gasteiger charge is 2.14. The molecule has 2 aromatic rings. The van der Waals surface area contributed by atoms with Crippen LogP contribution in [0.25, 0.3) is 0 Å². The Labute approximate surface area is 157 Å². The first-order valence-electron chi connectivity index (χ1n) is 8.27. The molecule has 0 bridgehead atoms. The molecular formula is C19H22N4O4. The summed E-state index contributed by atoms with van der Waals surface area (Å²) >= 11 is 0. The van der Waals surface area contributed by atoms with E-state index in [0.717, 1.165) is 11.1 Å². The van der Waals surface area contributed by atoms with Gasteiger partial charge in [-0.15, -0.1) is 0 Å². The van der Waals surface area contributed by atoms with Gasteiger partial charge in [0.2, 0.25) is 5.95 Å². The molecule has 1 aromatic heterocycles. The van der Waals surface area contributed by atoms with Crippen LogP contribution in [0.3, 0.4) is 0 Å². The highest BCUT2D eigenvalue weighted by Crippen LogP contribution is 2.34. The van der Waals surface area contributed by atoms with Gasteiger partial charge in [0.15, 0.2) is 11.5 Å². The smallest absolute Gasteiger partial charge is 0.303 e. The second kappa shape index (κ2) is 9.29. The number of nitrogens with two attached hydrogens (primary N) is 2. The van der Waals surface area contributed by atoms with Crippen molar-refractivity contribution in [2.24, 2.45) is 0 Å². The number of benzene rings is 1. The fraction of sp³-hybridized carbons (Fsp3) is 0.316. The Balaban J connectivity index is 2.31. The van der Waals surface area contributed by atoms with Crippen LogP contribution in [0.2, 0.25) is 0 Å². The number of hydrogen-bond acceptors (Lipinski definition) is 7. The molecule has 27 heavy (non-hydrogen) atoms. The van der Waals surface area contributed by atoms with Crippen LogP contribution in [0.4, 0.5) is 11.8 Å². The summed E-state index contributed by atoms with van der Waals surface area (Å²) in [6, 6.07) is 3.65. The minimum absolute atomic E-state index is 0.0995. The van der Waals surface area contributed by atoms with Gasteiger partial charge < -0.3 is 26.0 Å². The number of nitrogen functional groups attached to an aromatic ring is 2. The molecule has 2 rings (SSSR count). The molecule has 1 heterocycles. The topological polar surface area (TPSA) is 134 Å². The minimum atomic E-state index is -0.825. The summed E-state index contributed by atoms with van der Waals surface area (Å²) in [5, 5.41) is 8.67. The van der Waals surface area contributed by atoms with Gasteiger partial charge in [-0.2, -0.15) is 4.98 Å². The zero-order valence-electron chi connectivity index (χ0n) is 15.3. The second-order valence-electron chi connectivity index (χ2n) is 5.74. The van der Waals surface area contributed by atoms with E-state index in [-0.39, 0.29) is 12.4 Å². The number of carboxylic acid groups (broad SMARTS) is 1. The van der Waals surface area contributed by atoms with Gasteiger partial charge in [-0.3, -0.25) is 4.79 Å². The number of methoxy groups -OCH3 is 2. The van der Waals surface area contributed by atoms with Crippen LogP contribution < -0.4 is 20.9 Å². The van der Waals surface area contributed by atoms with Gasteiger partial charge in [0.05, 0.1) is 14.2 Å². The predicted octanol–water partition coefficient (Wildman–Crippen LogP) is 1.86. The molecule has 0 saturated heterocycles. The van der Waals surface area contributed by atoms with Crippen LogP contribution >= 0.6 is 0 Å². The van der Waals surface area contributed by atoms with E-state index in [4.69, 9.17) is 26.0 Å². The van der Waals surface area contributed by atoms with Crippen molar-refractivity contribution in [3.8, 4) is 23.3 Å². The standard InChI is InChI=1S/C19H22N4O4/c1-26-15-9-12(6-4-3-5-7-16(24)25)8-13(17(15)27-2)10-14-11-22-19(21)23-18(14)20/h8-9,11H,3,5,7,10H2,1-2H3,(H,24,25)(H4,20,21,22,23). The number of carboxylic acids is 1. The van der Waals surface area contributed by atoms with Crippen LogP contribution in [0.15, 0.2) is 18.3 Å². The van der Waals surface area contributed by atoms with Gasteiger partial charge in [-0.1, -0.05) is 11.8 Å². The normalized spacial score (nSPS) is 10.0. The number of aromatic nitrogens is 2. The zero-order chi connectivity index (χ0) is 19.8. The molecule has 5 N–H and O–H groups in total. The summed E-state index contributed by atoms with van der Waals surface area (Å²) in [7, 11) is 3.10. The van der Waals surface area contributed by atoms with E-state index in [1.54, 1.807) is 26.5 Å². The Hall–Kier alpha value is -3.47. The minimum Gasteiger partial charge on any atom is -0.493 e. The number of nitrogens with zero attached hydrogens (tertiary/aromatic N) is 2. The van der Waals surface area contributed by atoms with E-state index in [1.807, 2.05) is 6.07 Å². The van der Waals surface area contributed by atoms with E-state index in [2.05, 4.69) is 21.8 Å². The van der Waals surface area contributed by atoms with Gasteiger partial charge >= 0.3 is 5.97 Å². The molecule has 0 fully saturated rings. The molecule has 8 heteroatoms. The molecule has 0 aliphatic heterocycles. The summed E-state index contributed by atoms with van der Waals surface area (Å²) in [6.45, 7) is 0. The number of aliphatic carboxylic acids is 1. The lowest BCUT2D eigenvalue weighted by Gasteiger charge is -2.14. The second-order valence-corrected chi connectivity index (χ2v) is 5.74. The van der Waals surface area contributed by atoms with Crippen LogP contribution in [0, 0.1) is 11.8 Å². The summed E-state index contributed by atoms with van der Waals surface area (Å²) in [5.74, 6) is 6.72. The van der Waals surface area contributed by atoms with Crippen molar-refractivity contribution >= 4 is 17.7 Å². The molecule has 0 aliphatic rings. The number of anilines is 2. The molecule has 0 saturated carbocycles. The van der Waals surface area contributed by atoms with Gasteiger partial charge in [0, 0.05) is 42.1 Å². The van der Waals surface area contributed by atoms with Gasteiger partial charge in [0.1, 0.15) is 5.82 Å². The Morgan fingerprint density at radius 2 is 2.00 bits per heavy atom. The summed E-state index contributed by atoms with van der Waals surface area (Å²) in [5.41, 5.74) is 13.7. The largest absolute Gasteiger partial charge is 0.493 e. The molecule has 0 amide bonds. The molecule has 0 spiro atoms. The Bertz CT molecular complexity index is 887. The SMILES string of the molecule is COc1cc(C#CCCCC(=O)O)cc(Cc2cnc(N)nc2N)c1OC. The molecule has 142 valence electrons. The fourth-order valence-corrected chi connectivity index (χ4v) is 2.51. The van der Waals surface area contributed by atoms with Crippen LogP contribution in [0.1, 0.15) is 36.0 Å². The van der Waals surface area contributed by atoms with Crippen molar-refractivity contribution in [3.63, 3.8) is 0 Å². The number of ether oxygens (including phenoxy) is 2. The van der Waals surface area contributed by atoms with E-state index >= 15 is 0 Å². The lowest BCUT2D eigenvalue weighted by Crippen LogP contribution is -2.05. The van der Waals surface area contributed by atoms with Crippen LogP contribution in [-0.2, 0) is 11.2 Å². The molecule has 0 unspecified atom stereocenters. The summed E-state index contributed by atoms with van der Waals surface area (Å²) in [4.78, 5) is 18.5. The van der Waals surface area contributed by atoms with Gasteiger partial charge in [-0.05, 0) is 18.6 Å². The maximum atomic E-state index is 10.5. The molecule has 0 radical (unpaired) electrons. The Morgan fingerprint density at radius 1 is 1.22 bits per heavy atom. The number of unbranched alkanes of at least 4 members (excludes halogenated alkanes) is 1. The quantitative estimate of drug-likeness (QED) is 0.497. The molecule has 0 atom stereocenters. The highest BCUT2D eigenvalue weighted by molar-refractivity contribution is 5.66. The molecular weight excluding hydrogens is 348 g/mol. The molecule has 0 aliphatic carbocycles. The monoisotopic (exact) mass is 370 g/mol. The highest BCUT2D eigenvalue weighted by atomic mass is 16.5. The van der Waals surface area contributed by atoms with Crippen LogP contribution in [0.5, 0.6) is 11.5 Å². The first kappa shape index (κ1) is 19.8. The van der Waals surface area contributed by atoms with Gasteiger partial charge in [0.25, 0.3) is 0 Å². The van der Waals surface area contributed by atoms with E-state index in [9.17, 15) is 4.79 Å². The average molecular weight is 370 g/mol. The predicted molar refractivity (Wildman–Crippen MR) is 102 cm³/mol.